The molecule has 3 aromatic rings. The Morgan fingerprint density at radius 2 is 1.86 bits per heavy atom. The second kappa shape index (κ2) is 17.0. The highest BCUT2D eigenvalue weighted by Crippen LogP contribution is 2.45. The Balaban J connectivity index is 1.34. The van der Waals surface area contributed by atoms with E-state index in [-0.39, 0.29) is 31.4 Å². The summed E-state index contributed by atoms with van der Waals surface area (Å²) in [6.07, 6.45) is 4.43. The van der Waals surface area contributed by atoms with Crippen LogP contribution in [0, 0.1) is 11.3 Å². The number of carboxylic acids is 1. The van der Waals surface area contributed by atoms with E-state index in [9.17, 15) is 29.1 Å². The summed E-state index contributed by atoms with van der Waals surface area (Å²) in [6, 6.07) is 3.02. The lowest BCUT2D eigenvalue weighted by Crippen LogP contribution is -2.59. The first-order chi connectivity index (χ1) is 27.1. The topological polar surface area (TPSA) is 198 Å². The average molecular weight is 870 g/mol. The number of ether oxygens (including phenoxy) is 3. The predicted octanol–water partition coefficient (Wildman–Crippen LogP) is 6.45. The van der Waals surface area contributed by atoms with Crippen LogP contribution in [0.5, 0.6) is 11.5 Å². The smallest absolute Gasteiger partial charge is 0.408 e. The van der Waals surface area contributed by atoms with Crippen LogP contribution in [-0.4, -0.2) is 93.2 Å². The van der Waals surface area contributed by atoms with Gasteiger partial charge in [-0.2, -0.15) is 0 Å². The van der Waals surface area contributed by atoms with Gasteiger partial charge in [0.25, 0.3) is 0 Å². The molecule has 17 heteroatoms. The van der Waals surface area contributed by atoms with E-state index in [1.807, 2.05) is 6.92 Å². The number of likely N-dealkylation sites (tertiary alicyclic amines) is 1. The van der Waals surface area contributed by atoms with Gasteiger partial charge < -0.3 is 40.2 Å². The SMILES string of the molecule is C=C[C@@H]1C[C@]1(NC(=O)[C@@H]1C[C@@H](Oc2cc(-c3csc(NC(=O)CCC)n3)nc3c(Br)c(OC)ccc23)CN1C(=O)[C@@H](NC(=O)OC1CCCC1)C(C)(C)C)C(=O)O. The number of carbonyl (C=O) groups is 5. The van der Waals surface area contributed by atoms with E-state index >= 15 is 0 Å². The molecule has 0 radical (unpaired) electrons. The van der Waals surface area contributed by atoms with Crippen molar-refractivity contribution in [2.75, 3.05) is 19.0 Å². The Bertz CT molecular complexity index is 2060. The molecule has 2 aliphatic carbocycles. The van der Waals surface area contributed by atoms with Crippen LogP contribution < -0.4 is 25.4 Å². The molecular weight excluding hydrogens is 820 g/mol. The number of alkyl carbamates (subject to hydrolysis) is 1. The Kier molecular flexibility index (Phi) is 12.5. The summed E-state index contributed by atoms with van der Waals surface area (Å²) in [5.41, 5.74) is -0.926. The third-order valence-electron chi connectivity index (χ3n) is 10.7. The standard InChI is InChI=1S/C40H49BrN6O9S/c1-7-11-30(48)44-37-43-26(20-57-37)25-17-29(24-14-15-28(54-6)31(41)32(24)42-25)55-23-16-27(34(49)46-40(36(51)52)18-21(40)8-2)47(19-23)35(50)33(39(3,4)5)45-38(53)56-22-12-9-10-13-22/h8,14-15,17,20-23,27,33H,2,7,9-13,16,18-19H2,1,3-6H3,(H,45,53)(H,46,49)(H,51,52)(H,43,44,48)/t21-,23-,27+,33-,40-/m1/s1. The molecule has 1 aromatic carbocycles. The van der Waals surface area contributed by atoms with Crippen molar-refractivity contribution in [2.45, 2.75) is 109 Å². The fourth-order valence-corrected chi connectivity index (χ4v) is 8.77. The summed E-state index contributed by atoms with van der Waals surface area (Å²) >= 11 is 4.88. The van der Waals surface area contributed by atoms with Crippen LogP contribution in [0.4, 0.5) is 9.93 Å². The van der Waals surface area contributed by atoms with Crippen molar-refractivity contribution in [3.05, 3.63) is 40.7 Å². The van der Waals surface area contributed by atoms with Gasteiger partial charge in [0.1, 0.15) is 47.0 Å². The molecule has 1 saturated heterocycles. The van der Waals surface area contributed by atoms with Crippen molar-refractivity contribution >= 4 is 73.1 Å². The highest BCUT2D eigenvalue weighted by Gasteiger charge is 2.61. The molecule has 3 fully saturated rings. The minimum Gasteiger partial charge on any atom is -0.495 e. The number of pyridine rings is 1. The molecule has 15 nitrogen and oxygen atoms in total. The molecule has 0 spiro atoms. The van der Waals surface area contributed by atoms with Gasteiger partial charge in [-0.15, -0.1) is 17.9 Å². The van der Waals surface area contributed by atoms with Gasteiger partial charge >= 0.3 is 12.1 Å². The molecule has 3 heterocycles. The van der Waals surface area contributed by atoms with E-state index in [1.165, 1.54) is 29.4 Å². The summed E-state index contributed by atoms with van der Waals surface area (Å²) in [6.45, 7) is 11.0. The number of nitrogens with zero attached hydrogens (tertiary/aromatic N) is 3. The van der Waals surface area contributed by atoms with Crippen LogP contribution in [0.15, 0.2) is 40.7 Å². The first kappa shape index (κ1) is 41.9. The number of nitrogens with one attached hydrogen (secondary N) is 3. The van der Waals surface area contributed by atoms with Crippen molar-refractivity contribution in [1.29, 1.82) is 0 Å². The maximum Gasteiger partial charge on any atom is 0.408 e. The van der Waals surface area contributed by atoms with Gasteiger partial charge in [-0.1, -0.05) is 33.8 Å². The fraction of sp³-hybridized carbons (Fsp3) is 0.525. The van der Waals surface area contributed by atoms with Gasteiger partial charge in [-0.3, -0.25) is 14.4 Å². The summed E-state index contributed by atoms with van der Waals surface area (Å²) in [5, 5.41) is 21.2. The minimum absolute atomic E-state index is 0.0101. The zero-order valence-corrected chi connectivity index (χ0v) is 35.1. The van der Waals surface area contributed by atoms with E-state index in [0.717, 1.165) is 25.7 Å². The Labute approximate surface area is 343 Å². The van der Waals surface area contributed by atoms with Crippen LogP contribution in [0.2, 0.25) is 0 Å². The van der Waals surface area contributed by atoms with Crippen molar-refractivity contribution in [2.24, 2.45) is 11.3 Å². The van der Waals surface area contributed by atoms with Gasteiger partial charge in [-0.05, 0) is 72.0 Å². The van der Waals surface area contributed by atoms with E-state index in [1.54, 1.807) is 44.4 Å². The quantitative estimate of drug-likeness (QED) is 0.130. The number of benzene rings is 1. The second-order valence-corrected chi connectivity index (χ2v) is 17.5. The van der Waals surface area contributed by atoms with Gasteiger partial charge in [0.15, 0.2) is 5.13 Å². The number of aromatic nitrogens is 2. The molecule has 3 aliphatic rings. The molecule has 306 valence electrons. The lowest BCUT2D eigenvalue weighted by Gasteiger charge is -2.35. The molecule has 2 saturated carbocycles. The van der Waals surface area contributed by atoms with Crippen LogP contribution in [0.25, 0.3) is 22.3 Å². The van der Waals surface area contributed by atoms with E-state index in [4.69, 9.17) is 19.2 Å². The van der Waals surface area contributed by atoms with Crippen LogP contribution in [0.3, 0.4) is 0 Å². The number of thiazole rings is 1. The third-order valence-corrected chi connectivity index (χ3v) is 12.2. The lowest BCUT2D eigenvalue weighted by molar-refractivity contribution is -0.146. The number of hydrogen-bond donors (Lipinski definition) is 4. The third kappa shape index (κ3) is 9.03. The Hall–Kier alpha value is -4.77. The maximum atomic E-state index is 14.6. The highest BCUT2D eigenvalue weighted by molar-refractivity contribution is 9.10. The summed E-state index contributed by atoms with van der Waals surface area (Å²) in [4.78, 5) is 77.4. The first-order valence-electron chi connectivity index (χ1n) is 19.1. The number of rotatable bonds is 14. The zero-order chi connectivity index (χ0) is 41.2. The Morgan fingerprint density at radius 3 is 2.49 bits per heavy atom. The van der Waals surface area contributed by atoms with E-state index in [2.05, 4.69) is 43.4 Å². The normalized spacial score (nSPS) is 22.4. The van der Waals surface area contributed by atoms with Gasteiger partial charge in [0, 0.05) is 35.6 Å². The monoisotopic (exact) mass is 868 g/mol. The minimum atomic E-state index is -1.54. The van der Waals surface area contributed by atoms with Crippen molar-refractivity contribution < 1.29 is 43.3 Å². The highest BCUT2D eigenvalue weighted by atomic mass is 79.9. The van der Waals surface area contributed by atoms with Crippen LogP contribution in [-0.2, 0) is 23.9 Å². The van der Waals surface area contributed by atoms with Gasteiger partial charge in [0.05, 0.1) is 29.3 Å². The van der Waals surface area contributed by atoms with Gasteiger partial charge in [0.2, 0.25) is 17.7 Å². The van der Waals surface area contributed by atoms with Gasteiger partial charge in [-0.25, -0.2) is 19.6 Å². The molecule has 5 atom stereocenters. The van der Waals surface area contributed by atoms with Crippen LogP contribution >= 0.6 is 27.3 Å². The Morgan fingerprint density at radius 1 is 1.12 bits per heavy atom. The van der Waals surface area contributed by atoms with Crippen molar-refractivity contribution in [1.82, 2.24) is 25.5 Å². The molecule has 0 bridgehead atoms. The van der Waals surface area contributed by atoms with Crippen molar-refractivity contribution in [3.63, 3.8) is 0 Å². The number of amides is 4. The number of carboxylic acid groups (broad SMARTS) is 1. The number of methoxy groups -OCH3 is 1. The summed E-state index contributed by atoms with van der Waals surface area (Å²) < 4.78 is 18.5. The molecule has 6 rings (SSSR count). The fourth-order valence-electron chi connectivity index (χ4n) is 7.45. The largest absolute Gasteiger partial charge is 0.495 e. The molecule has 0 unspecified atom stereocenters. The number of anilines is 1. The van der Waals surface area contributed by atoms with Crippen LogP contribution in [0.1, 0.15) is 79.1 Å². The molecular formula is C40H49BrN6O9S. The zero-order valence-electron chi connectivity index (χ0n) is 32.7. The van der Waals surface area contributed by atoms with Crippen molar-refractivity contribution in [3.8, 4) is 22.9 Å². The molecule has 4 N–H and O–H groups in total. The average Bonchev–Trinajstić information content (AvgIpc) is 3.57. The van der Waals surface area contributed by atoms with E-state index < -0.39 is 58.9 Å². The number of hydrogen-bond acceptors (Lipinski definition) is 11. The summed E-state index contributed by atoms with van der Waals surface area (Å²) in [7, 11) is 1.54. The molecule has 2 aromatic heterocycles. The predicted molar refractivity (Wildman–Crippen MR) is 217 cm³/mol. The number of halogens is 1. The molecule has 1 aliphatic heterocycles. The first-order valence-corrected chi connectivity index (χ1v) is 20.8. The lowest BCUT2D eigenvalue weighted by atomic mass is 9.85. The molecule has 57 heavy (non-hydrogen) atoms. The number of fused-ring (bicyclic) bond motifs is 1. The van der Waals surface area contributed by atoms with E-state index in [0.29, 0.717) is 56.2 Å². The molecule has 4 amide bonds. The summed E-state index contributed by atoms with van der Waals surface area (Å²) in [5.74, 6) is -2.11. The number of aliphatic carboxylic acids is 1. The second-order valence-electron chi connectivity index (χ2n) is 15.9. The maximum absolute atomic E-state index is 14.6. The number of carbonyl (C=O) groups excluding carboxylic acids is 4.